The Balaban J connectivity index is 1.64. The number of H-pyrrole nitrogens is 1. The maximum atomic E-state index is 13.4. The maximum Gasteiger partial charge on any atom is 0.417 e. The van der Waals surface area contributed by atoms with Gasteiger partial charge in [-0.05, 0) is 37.6 Å². The molecule has 0 bridgehead atoms. The first-order valence-electron chi connectivity index (χ1n) is 9.77. The zero-order valence-corrected chi connectivity index (χ0v) is 17.5. The summed E-state index contributed by atoms with van der Waals surface area (Å²) in [5.41, 5.74) is -1.18. The Bertz CT molecular complexity index is 1260. The van der Waals surface area contributed by atoms with Crippen LogP contribution in [0.5, 0.6) is 0 Å². The van der Waals surface area contributed by atoms with E-state index in [2.05, 4.69) is 15.4 Å². The van der Waals surface area contributed by atoms with Crippen molar-refractivity contribution in [1.29, 1.82) is 5.26 Å². The first kappa shape index (κ1) is 22.0. The summed E-state index contributed by atoms with van der Waals surface area (Å²) in [5, 5.41) is 19.2. The lowest BCUT2D eigenvalue weighted by Gasteiger charge is -2.27. The summed E-state index contributed by atoms with van der Waals surface area (Å²) < 4.78 is 40.2. The molecule has 1 aliphatic rings. The second-order valence-corrected chi connectivity index (χ2v) is 7.96. The largest absolute Gasteiger partial charge is 0.417 e. The minimum atomic E-state index is -4.81. The number of imide groups is 1. The predicted molar refractivity (Wildman–Crippen MR) is 110 cm³/mol. The van der Waals surface area contributed by atoms with Gasteiger partial charge < -0.3 is 4.90 Å². The first-order valence-corrected chi connectivity index (χ1v) is 9.77. The number of urea groups is 1. The SMILES string of the molecule is CC1(C)C(=O)N(c2ccc(C#N)c(C(F)(F)F)c2)C(=O)N1Cc1ccc(-c2c[nH]nn2)cc1. The van der Waals surface area contributed by atoms with E-state index in [1.54, 1.807) is 30.5 Å². The Morgan fingerprint density at radius 2 is 1.82 bits per heavy atom. The third kappa shape index (κ3) is 3.80. The zero-order valence-electron chi connectivity index (χ0n) is 17.5. The molecule has 2 aromatic carbocycles. The maximum absolute atomic E-state index is 13.4. The number of hydrogen-bond donors (Lipinski definition) is 1. The zero-order chi connectivity index (χ0) is 24.0. The third-order valence-corrected chi connectivity index (χ3v) is 5.52. The van der Waals surface area contributed by atoms with Gasteiger partial charge in [0.05, 0.1) is 22.9 Å². The van der Waals surface area contributed by atoms with Crippen LogP contribution in [0.25, 0.3) is 11.3 Å². The number of alkyl halides is 3. The summed E-state index contributed by atoms with van der Waals surface area (Å²) >= 11 is 0. The number of nitrogens with one attached hydrogen (secondary N) is 1. The van der Waals surface area contributed by atoms with Crippen molar-refractivity contribution in [2.45, 2.75) is 32.1 Å². The highest BCUT2D eigenvalue weighted by atomic mass is 19.4. The molecule has 3 amide bonds. The van der Waals surface area contributed by atoms with Crippen molar-refractivity contribution in [3.63, 3.8) is 0 Å². The first-order chi connectivity index (χ1) is 15.5. The molecule has 3 aromatic rings. The lowest BCUT2D eigenvalue weighted by Crippen LogP contribution is -2.43. The van der Waals surface area contributed by atoms with Crippen molar-refractivity contribution >= 4 is 17.6 Å². The molecule has 0 unspecified atom stereocenters. The van der Waals surface area contributed by atoms with Crippen molar-refractivity contribution in [2.24, 2.45) is 0 Å². The van der Waals surface area contributed by atoms with E-state index in [9.17, 15) is 22.8 Å². The molecule has 1 N–H and O–H groups in total. The third-order valence-electron chi connectivity index (χ3n) is 5.52. The van der Waals surface area contributed by atoms with Gasteiger partial charge in [0.1, 0.15) is 11.2 Å². The quantitative estimate of drug-likeness (QED) is 0.598. The topological polar surface area (TPSA) is 106 Å². The van der Waals surface area contributed by atoms with Gasteiger partial charge in [0.25, 0.3) is 5.91 Å². The molecule has 1 fully saturated rings. The number of rotatable bonds is 4. The molecule has 11 heteroatoms. The minimum Gasteiger partial charge on any atom is -0.305 e. The van der Waals surface area contributed by atoms with Gasteiger partial charge in [-0.25, -0.2) is 9.69 Å². The van der Waals surface area contributed by atoms with Gasteiger partial charge in [0, 0.05) is 18.3 Å². The van der Waals surface area contributed by atoms with E-state index in [4.69, 9.17) is 5.26 Å². The van der Waals surface area contributed by atoms with Crippen LogP contribution in [-0.4, -0.2) is 37.8 Å². The molecule has 2 heterocycles. The Hall–Kier alpha value is -4.20. The summed E-state index contributed by atoms with van der Waals surface area (Å²) in [6, 6.07) is 10.6. The van der Waals surface area contributed by atoms with Gasteiger partial charge in [-0.1, -0.05) is 29.5 Å². The van der Waals surface area contributed by atoms with E-state index in [0.29, 0.717) is 17.3 Å². The van der Waals surface area contributed by atoms with Crippen molar-refractivity contribution in [2.75, 3.05) is 4.90 Å². The van der Waals surface area contributed by atoms with Gasteiger partial charge in [-0.2, -0.15) is 18.4 Å². The number of carbonyl (C=O) groups is 2. The summed E-state index contributed by atoms with van der Waals surface area (Å²) in [4.78, 5) is 28.2. The van der Waals surface area contributed by atoms with Gasteiger partial charge in [-0.3, -0.25) is 9.89 Å². The number of carbonyl (C=O) groups excluding carboxylic acids is 2. The number of amides is 3. The van der Waals surface area contributed by atoms with Gasteiger partial charge in [0.15, 0.2) is 0 Å². The van der Waals surface area contributed by atoms with Gasteiger partial charge >= 0.3 is 12.2 Å². The van der Waals surface area contributed by atoms with E-state index in [1.165, 1.54) is 24.8 Å². The van der Waals surface area contributed by atoms with Crippen molar-refractivity contribution < 1.29 is 22.8 Å². The number of aromatic nitrogens is 3. The summed E-state index contributed by atoms with van der Waals surface area (Å²) in [7, 11) is 0. The molecule has 0 radical (unpaired) electrons. The number of nitriles is 1. The molecule has 1 saturated heterocycles. The van der Waals surface area contributed by atoms with Crippen LogP contribution in [0.2, 0.25) is 0 Å². The molecule has 168 valence electrons. The highest BCUT2D eigenvalue weighted by Gasteiger charge is 2.52. The summed E-state index contributed by atoms with van der Waals surface area (Å²) in [5.74, 6) is -0.662. The van der Waals surface area contributed by atoms with Crippen LogP contribution in [0.3, 0.4) is 0 Å². The van der Waals surface area contributed by atoms with Crippen LogP contribution >= 0.6 is 0 Å². The second-order valence-electron chi connectivity index (χ2n) is 7.96. The smallest absolute Gasteiger partial charge is 0.305 e. The lowest BCUT2D eigenvalue weighted by molar-refractivity contribution is -0.137. The highest BCUT2D eigenvalue weighted by molar-refractivity contribution is 6.23. The standard InChI is InChI=1S/C22H17F3N6O2/c1-21(2)19(32)31(16-8-7-15(10-26)17(9-16)22(23,24)25)20(33)30(21)12-13-3-5-14(6-4-13)18-11-27-29-28-18/h3-9,11H,12H2,1-2H3,(H,27,28,29). The number of nitrogens with zero attached hydrogens (tertiary/aromatic N) is 5. The molecule has 33 heavy (non-hydrogen) atoms. The van der Waals surface area contributed by atoms with Gasteiger partial charge in [0.2, 0.25) is 0 Å². The van der Waals surface area contributed by atoms with Crippen LogP contribution < -0.4 is 4.90 Å². The van der Waals surface area contributed by atoms with Crippen LogP contribution in [0.15, 0.2) is 48.7 Å². The Labute approximate surface area is 186 Å². The van der Waals surface area contributed by atoms with E-state index in [0.717, 1.165) is 22.6 Å². The molecule has 0 aliphatic carbocycles. The molecular weight excluding hydrogens is 437 g/mol. The molecular formula is C22H17F3N6O2. The predicted octanol–water partition coefficient (Wildman–Crippen LogP) is 4.11. The fourth-order valence-corrected chi connectivity index (χ4v) is 3.64. The number of anilines is 1. The van der Waals surface area contributed by atoms with Crippen LogP contribution in [0.4, 0.5) is 23.7 Å². The van der Waals surface area contributed by atoms with Crippen molar-refractivity contribution in [3.8, 4) is 17.3 Å². The number of halogens is 3. The van der Waals surface area contributed by atoms with E-state index >= 15 is 0 Å². The number of hydrogen-bond acceptors (Lipinski definition) is 5. The Kier molecular flexibility index (Phi) is 5.16. The summed E-state index contributed by atoms with van der Waals surface area (Å²) in [6.07, 6.45) is -3.18. The second kappa shape index (κ2) is 7.74. The van der Waals surface area contributed by atoms with Crippen LogP contribution in [-0.2, 0) is 17.5 Å². The number of aromatic amines is 1. The minimum absolute atomic E-state index is 0.0651. The van der Waals surface area contributed by atoms with E-state index in [1.807, 2.05) is 0 Å². The molecule has 0 saturated carbocycles. The monoisotopic (exact) mass is 454 g/mol. The fraction of sp³-hybridized carbons (Fsp3) is 0.227. The fourth-order valence-electron chi connectivity index (χ4n) is 3.64. The summed E-state index contributed by atoms with van der Waals surface area (Å²) in [6.45, 7) is 3.13. The molecule has 0 spiro atoms. The molecule has 4 rings (SSSR count). The molecule has 0 atom stereocenters. The van der Waals surface area contributed by atoms with E-state index < -0.39 is 34.8 Å². The van der Waals surface area contributed by atoms with Crippen molar-refractivity contribution in [1.82, 2.24) is 20.3 Å². The van der Waals surface area contributed by atoms with Gasteiger partial charge in [-0.15, -0.1) is 5.10 Å². The molecule has 1 aliphatic heterocycles. The molecule has 1 aromatic heterocycles. The highest BCUT2D eigenvalue weighted by Crippen LogP contribution is 2.38. The lowest BCUT2D eigenvalue weighted by atomic mass is 10.0. The van der Waals surface area contributed by atoms with E-state index in [-0.39, 0.29) is 12.2 Å². The molecule has 8 nitrogen and oxygen atoms in total. The Morgan fingerprint density at radius 1 is 1.12 bits per heavy atom. The number of benzene rings is 2. The van der Waals surface area contributed by atoms with Crippen molar-refractivity contribution in [3.05, 3.63) is 65.4 Å². The average Bonchev–Trinajstić information content (AvgIpc) is 3.36. The normalized spacial score (nSPS) is 15.8. The van der Waals surface area contributed by atoms with Crippen LogP contribution in [0, 0.1) is 11.3 Å². The Morgan fingerprint density at radius 3 is 2.39 bits per heavy atom. The van der Waals surface area contributed by atoms with Crippen LogP contribution in [0.1, 0.15) is 30.5 Å². The average molecular weight is 454 g/mol.